The van der Waals surface area contributed by atoms with E-state index in [0.717, 1.165) is 21.5 Å². The lowest BCUT2D eigenvalue weighted by molar-refractivity contribution is 0.340. The highest BCUT2D eigenvalue weighted by atomic mass is 35.5. The van der Waals surface area contributed by atoms with Gasteiger partial charge >= 0.3 is 0 Å². The van der Waals surface area contributed by atoms with Crippen molar-refractivity contribution >= 4 is 33.8 Å². The third-order valence-corrected chi connectivity index (χ3v) is 4.69. The van der Waals surface area contributed by atoms with Crippen LogP contribution in [0.5, 0.6) is 17.4 Å². The summed E-state index contributed by atoms with van der Waals surface area (Å²) < 4.78 is 16.5. The number of pyridine rings is 1. The Morgan fingerprint density at radius 1 is 1.19 bits per heavy atom. The summed E-state index contributed by atoms with van der Waals surface area (Å²) in [6.45, 7) is 5.09. The number of thiazole rings is 1. The monoisotopic (exact) mass is 405 g/mol. The predicted molar refractivity (Wildman–Crippen MR) is 108 cm³/mol. The van der Waals surface area contributed by atoms with Crippen molar-refractivity contribution < 1.29 is 14.2 Å². The van der Waals surface area contributed by atoms with Gasteiger partial charge < -0.3 is 19.5 Å². The molecule has 3 aromatic rings. The Morgan fingerprint density at radius 3 is 2.63 bits per heavy atom. The molecular formula is C19H20ClN3O3S. The Balaban J connectivity index is 1.91. The molecule has 1 aromatic carbocycles. The van der Waals surface area contributed by atoms with E-state index >= 15 is 0 Å². The van der Waals surface area contributed by atoms with Gasteiger partial charge in [-0.2, -0.15) is 0 Å². The van der Waals surface area contributed by atoms with Gasteiger partial charge in [0.1, 0.15) is 11.6 Å². The molecule has 0 aliphatic carbocycles. The van der Waals surface area contributed by atoms with E-state index in [1.54, 1.807) is 31.8 Å². The fourth-order valence-electron chi connectivity index (χ4n) is 2.57. The molecule has 0 unspecified atom stereocenters. The Kier molecular flexibility index (Phi) is 6.49. The van der Waals surface area contributed by atoms with E-state index in [9.17, 15) is 0 Å². The van der Waals surface area contributed by atoms with E-state index in [-0.39, 0.29) is 6.61 Å². The molecule has 0 spiro atoms. The molecule has 0 aliphatic heterocycles. The summed E-state index contributed by atoms with van der Waals surface area (Å²) in [5.74, 6) is 1.76. The second-order valence-corrected chi connectivity index (χ2v) is 7.20. The van der Waals surface area contributed by atoms with Crippen LogP contribution in [0.2, 0.25) is 0 Å². The van der Waals surface area contributed by atoms with E-state index in [1.807, 2.05) is 23.6 Å². The molecule has 0 amide bonds. The first-order chi connectivity index (χ1) is 13.1. The first-order valence-electron chi connectivity index (χ1n) is 8.21. The Labute approximate surface area is 166 Å². The van der Waals surface area contributed by atoms with Gasteiger partial charge in [0.05, 0.1) is 19.7 Å². The maximum atomic E-state index is 5.85. The summed E-state index contributed by atoms with van der Waals surface area (Å²) in [5.41, 5.74) is 1.65. The maximum absolute atomic E-state index is 5.85. The lowest BCUT2D eigenvalue weighted by Crippen LogP contribution is -2.14. The van der Waals surface area contributed by atoms with Gasteiger partial charge in [-0.1, -0.05) is 18.2 Å². The second-order valence-electron chi connectivity index (χ2n) is 5.69. The van der Waals surface area contributed by atoms with Gasteiger partial charge in [-0.3, -0.25) is 0 Å². The van der Waals surface area contributed by atoms with Crippen LogP contribution < -0.4 is 19.5 Å². The molecule has 0 saturated heterocycles. The molecule has 0 bridgehead atoms. The van der Waals surface area contributed by atoms with Gasteiger partial charge in [0, 0.05) is 46.7 Å². The Bertz CT molecular complexity index is 932. The van der Waals surface area contributed by atoms with Gasteiger partial charge in [-0.05, 0) is 12.1 Å². The number of methoxy groups -OCH3 is 2. The van der Waals surface area contributed by atoms with Gasteiger partial charge in [-0.25, -0.2) is 9.97 Å². The van der Waals surface area contributed by atoms with Gasteiger partial charge in [-0.15, -0.1) is 11.3 Å². The minimum Gasteiger partial charge on any atom is -0.493 e. The van der Waals surface area contributed by atoms with E-state index in [4.69, 9.17) is 25.8 Å². The number of rotatable bonds is 9. The third-order valence-electron chi connectivity index (χ3n) is 3.80. The van der Waals surface area contributed by atoms with Crippen LogP contribution in [0.4, 0.5) is 0 Å². The first kappa shape index (κ1) is 19.4. The van der Waals surface area contributed by atoms with E-state index in [1.165, 1.54) is 0 Å². The lowest BCUT2D eigenvalue weighted by Gasteiger charge is -2.14. The zero-order chi connectivity index (χ0) is 19.2. The number of ether oxygens (including phenoxy) is 3. The smallest absolute Gasteiger partial charge is 0.218 e. The molecule has 2 heterocycles. The molecule has 0 radical (unpaired) electrons. The lowest BCUT2D eigenvalue weighted by atomic mass is 10.1. The normalized spacial score (nSPS) is 10.8. The summed E-state index contributed by atoms with van der Waals surface area (Å²) >= 11 is 7.46. The van der Waals surface area contributed by atoms with E-state index in [2.05, 4.69) is 21.9 Å². The minimum atomic E-state index is 0.187. The van der Waals surface area contributed by atoms with Crippen LogP contribution in [0.15, 0.2) is 41.4 Å². The molecule has 0 aliphatic rings. The number of nitrogens with one attached hydrogen (secondary N) is 1. The average molecular weight is 406 g/mol. The van der Waals surface area contributed by atoms with Crippen molar-refractivity contribution in [2.75, 3.05) is 20.8 Å². The van der Waals surface area contributed by atoms with Crippen LogP contribution >= 0.6 is 22.9 Å². The van der Waals surface area contributed by atoms with Crippen LogP contribution in [0.1, 0.15) is 10.6 Å². The Morgan fingerprint density at radius 2 is 1.96 bits per heavy atom. The SMILES string of the molecule is C=C(Cl)COc1nc2cc(OC)c(OC)cc2cc1CNCc1nccs1. The predicted octanol–water partition coefficient (Wildman–Crippen LogP) is 4.13. The standard InChI is InChI=1S/C19H20ClN3O3S/c1-12(20)11-26-19-14(9-21-10-18-22-4-5-27-18)6-13-7-16(24-2)17(25-3)8-15(13)23-19/h4-8,21H,1,9-11H2,2-3H3. The van der Waals surface area contributed by atoms with Gasteiger partial charge in [0.2, 0.25) is 5.88 Å². The highest BCUT2D eigenvalue weighted by molar-refractivity contribution is 7.09. The number of aromatic nitrogens is 2. The topological polar surface area (TPSA) is 65.5 Å². The van der Waals surface area contributed by atoms with Crippen molar-refractivity contribution in [1.82, 2.24) is 15.3 Å². The number of halogens is 1. The van der Waals surface area contributed by atoms with Crippen LogP contribution in [0.25, 0.3) is 10.9 Å². The minimum absolute atomic E-state index is 0.187. The van der Waals surface area contributed by atoms with E-state index < -0.39 is 0 Å². The second kappa shape index (κ2) is 9.03. The molecule has 8 heteroatoms. The molecule has 0 atom stereocenters. The molecule has 27 heavy (non-hydrogen) atoms. The number of benzene rings is 1. The summed E-state index contributed by atoms with van der Waals surface area (Å²) in [6, 6.07) is 5.74. The van der Waals surface area contributed by atoms with Crippen molar-refractivity contribution in [1.29, 1.82) is 0 Å². The van der Waals surface area contributed by atoms with Crippen molar-refractivity contribution in [3.8, 4) is 17.4 Å². The quantitative estimate of drug-likeness (QED) is 0.577. The molecule has 2 aromatic heterocycles. The maximum Gasteiger partial charge on any atom is 0.218 e. The summed E-state index contributed by atoms with van der Waals surface area (Å²) in [4.78, 5) is 8.91. The summed E-state index contributed by atoms with van der Waals surface area (Å²) in [7, 11) is 3.20. The summed E-state index contributed by atoms with van der Waals surface area (Å²) in [6.07, 6.45) is 1.79. The number of hydrogen-bond donors (Lipinski definition) is 1. The molecule has 142 valence electrons. The fraction of sp³-hybridized carbons (Fsp3) is 0.263. The fourth-order valence-corrected chi connectivity index (χ4v) is 3.21. The highest BCUT2D eigenvalue weighted by Crippen LogP contribution is 2.33. The van der Waals surface area contributed by atoms with Crippen LogP contribution in [0, 0.1) is 0 Å². The largest absolute Gasteiger partial charge is 0.493 e. The molecular weight excluding hydrogens is 386 g/mol. The number of hydrogen-bond acceptors (Lipinski definition) is 7. The van der Waals surface area contributed by atoms with Crippen molar-refractivity contribution in [3.05, 3.63) is 52.0 Å². The summed E-state index contributed by atoms with van der Waals surface area (Å²) in [5, 5.41) is 7.67. The van der Waals surface area contributed by atoms with E-state index in [0.29, 0.717) is 35.5 Å². The van der Waals surface area contributed by atoms with Gasteiger partial charge in [0.25, 0.3) is 0 Å². The number of fused-ring (bicyclic) bond motifs is 1. The number of nitrogens with zero attached hydrogens (tertiary/aromatic N) is 2. The van der Waals surface area contributed by atoms with Crippen LogP contribution in [0.3, 0.4) is 0 Å². The van der Waals surface area contributed by atoms with Crippen LogP contribution in [-0.2, 0) is 13.1 Å². The highest BCUT2D eigenvalue weighted by Gasteiger charge is 2.13. The molecule has 0 saturated carbocycles. The molecule has 0 fully saturated rings. The third kappa shape index (κ3) is 4.88. The van der Waals surface area contributed by atoms with Crippen molar-refractivity contribution in [3.63, 3.8) is 0 Å². The van der Waals surface area contributed by atoms with Crippen molar-refractivity contribution in [2.45, 2.75) is 13.1 Å². The Hall–Kier alpha value is -2.35. The van der Waals surface area contributed by atoms with Gasteiger partial charge in [0.15, 0.2) is 11.5 Å². The van der Waals surface area contributed by atoms with Crippen molar-refractivity contribution in [2.24, 2.45) is 0 Å². The van der Waals surface area contributed by atoms with Crippen LogP contribution in [-0.4, -0.2) is 30.8 Å². The zero-order valence-electron chi connectivity index (χ0n) is 15.1. The first-order valence-corrected chi connectivity index (χ1v) is 9.47. The molecule has 1 N–H and O–H groups in total. The zero-order valence-corrected chi connectivity index (χ0v) is 16.7. The molecule has 6 nitrogen and oxygen atoms in total. The molecule has 3 rings (SSSR count). The average Bonchev–Trinajstić information content (AvgIpc) is 3.18.